The number of aryl methyl sites for hydroxylation is 2. The van der Waals surface area contributed by atoms with Gasteiger partial charge >= 0.3 is 5.97 Å². The van der Waals surface area contributed by atoms with Crippen molar-refractivity contribution in [3.8, 4) is 0 Å². The molecule has 0 aliphatic heterocycles. The number of carbonyl (C=O) groups excluding carboxylic acids is 1. The number of carbonyl (C=O) groups is 1. The Kier molecular flexibility index (Phi) is 4.49. The van der Waals surface area contributed by atoms with E-state index in [1.54, 1.807) is 31.8 Å². The van der Waals surface area contributed by atoms with Crippen LogP contribution in [0.3, 0.4) is 0 Å². The van der Waals surface area contributed by atoms with Crippen LogP contribution in [0.15, 0.2) is 6.20 Å². The minimum absolute atomic E-state index is 0.243. The van der Waals surface area contributed by atoms with Gasteiger partial charge in [-0.1, -0.05) is 0 Å². The molecule has 1 rings (SSSR count). The van der Waals surface area contributed by atoms with E-state index in [1.165, 1.54) is 0 Å². The maximum Gasteiger partial charge on any atom is 0.341 e. The molecular weight excluding hydrogens is 208 g/mol. The summed E-state index contributed by atoms with van der Waals surface area (Å²) in [5.74, 6) is -0.349. The first-order valence-corrected chi connectivity index (χ1v) is 5.33. The molecule has 16 heavy (non-hydrogen) atoms. The van der Waals surface area contributed by atoms with E-state index < -0.39 is 0 Å². The van der Waals surface area contributed by atoms with E-state index in [1.807, 2.05) is 6.92 Å². The van der Waals surface area contributed by atoms with E-state index in [4.69, 9.17) is 9.47 Å². The molecule has 1 aromatic rings. The molecule has 1 atom stereocenters. The Bertz CT molecular complexity index is 360. The summed E-state index contributed by atoms with van der Waals surface area (Å²) < 4.78 is 12.0. The zero-order valence-corrected chi connectivity index (χ0v) is 10.2. The highest BCUT2D eigenvalue weighted by molar-refractivity contribution is 5.90. The van der Waals surface area contributed by atoms with Crippen LogP contribution in [0, 0.1) is 6.92 Å². The molecule has 0 saturated heterocycles. The lowest BCUT2D eigenvalue weighted by atomic mass is 10.3. The lowest BCUT2D eigenvalue weighted by Crippen LogP contribution is -2.20. The van der Waals surface area contributed by atoms with E-state index in [0.717, 1.165) is 0 Å². The number of ether oxygens (including phenoxy) is 2. The molecule has 0 radical (unpaired) electrons. The van der Waals surface area contributed by atoms with Gasteiger partial charge in [-0.15, -0.1) is 0 Å². The first kappa shape index (κ1) is 12.7. The molecule has 5 nitrogen and oxygen atoms in total. The molecule has 0 aromatic carbocycles. The lowest BCUT2D eigenvalue weighted by Gasteiger charge is -2.12. The Morgan fingerprint density at radius 2 is 2.31 bits per heavy atom. The summed E-state index contributed by atoms with van der Waals surface area (Å²) >= 11 is 0. The van der Waals surface area contributed by atoms with Crippen LogP contribution in [0.2, 0.25) is 0 Å². The van der Waals surface area contributed by atoms with Gasteiger partial charge in [0, 0.05) is 19.9 Å². The first-order chi connectivity index (χ1) is 7.54. The Morgan fingerprint density at radius 1 is 1.62 bits per heavy atom. The van der Waals surface area contributed by atoms with Gasteiger partial charge in [-0.3, -0.25) is 4.68 Å². The molecule has 5 heteroatoms. The van der Waals surface area contributed by atoms with Crippen LogP contribution in [0.4, 0.5) is 0 Å². The molecule has 0 aliphatic rings. The van der Waals surface area contributed by atoms with Crippen LogP contribution in [0.25, 0.3) is 0 Å². The summed E-state index contributed by atoms with van der Waals surface area (Å²) in [6.07, 6.45) is 1.41. The van der Waals surface area contributed by atoms with Crippen molar-refractivity contribution in [3.05, 3.63) is 17.5 Å². The predicted octanol–water partition coefficient (Wildman–Crippen LogP) is 1.31. The fraction of sp³-hybridized carbons (Fsp3) is 0.636. The van der Waals surface area contributed by atoms with Crippen LogP contribution < -0.4 is 0 Å². The summed E-state index contributed by atoms with van der Waals surface area (Å²) in [7, 11) is 1.77. The fourth-order valence-electron chi connectivity index (χ4n) is 1.36. The molecule has 0 spiro atoms. The summed E-state index contributed by atoms with van der Waals surface area (Å²) in [6, 6.07) is 0. The van der Waals surface area contributed by atoms with Crippen molar-refractivity contribution in [3.63, 3.8) is 0 Å². The van der Waals surface area contributed by atoms with Gasteiger partial charge in [0.2, 0.25) is 0 Å². The van der Waals surface area contributed by atoms with Crippen LogP contribution in [0.5, 0.6) is 0 Å². The van der Waals surface area contributed by atoms with Crippen molar-refractivity contribution in [2.75, 3.05) is 13.2 Å². The molecular formula is C11H18N2O3. The largest absolute Gasteiger partial charge is 0.457 e. The van der Waals surface area contributed by atoms with Crippen LogP contribution >= 0.6 is 0 Å². The highest BCUT2D eigenvalue weighted by Gasteiger charge is 2.16. The molecule has 0 amide bonds. The molecule has 0 N–H and O–H groups in total. The van der Waals surface area contributed by atoms with Gasteiger partial charge in [0.05, 0.1) is 12.3 Å². The molecule has 1 heterocycles. The van der Waals surface area contributed by atoms with E-state index in [-0.39, 0.29) is 12.1 Å². The number of hydrogen-bond donors (Lipinski definition) is 0. The molecule has 0 bridgehead atoms. The second kappa shape index (κ2) is 5.65. The normalized spacial score (nSPS) is 12.5. The predicted molar refractivity (Wildman–Crippen MR) is 59.3 cm³/mol. The molecule has 90 valence electrons. The number of rotatable bonds is 5. The molecule has 0 saturated carbocycles. The van der Waals surface area contributed by atoms with E-state index in [0.29, 0.717) is 24.5 Å². The summed E-state index contributed by atoms with van der Waals surface area (Å²) in [4.78, 5) is 11.7. The Labute approximate surface area is 95.3 Å². The van der Waals surface area contributed by atoms with Gasteiger partial charge in [-0.2, -0.15) is 5.10 Å². The van der Waals surface area contributed by atoms with Crippen LogP contribution in [-0.2, 0) is 16.5 Å². The highest BCUT2D eigenvalue weighted by Crippen LogP contribution is 2.08. The summed E-state index contributed by atoms with van der Waals surface area (Å²) in [5.41, 5.74) is 1.18. The van der Waals surface area contributed by atoms with Gasteiger partial charge in [0.1, 0.15) is 11.7 Å². The molecule has 0 fully saturated rings. The Hall–Kier alpha value is -1.36. The van der Waals surface area contributed by atoms with E-state index in [2.05, 4.69) is 5.10 Å². The maximum absolute atomic E-state index is 11.7. The first-order valence-electron chi connectivity index (χ1n) is 5.33. The zero-order chi connectivity index (χ0) is 12.1. The third-order valence-corrected chi connectivity index (χ3v) is 2.10. The SMILES string of the molecule is CCOC[C@H](C)OC(=O)c1cn(C)nc1C. The van der Waals surface area contributed by atoms with E-state index >= 15 is 0 Å². The van der Waals surface area contributed by atoms with Crippen molar-refractivity contribution in [2.24, 2.45) is 7.05 Å². The van der Waals surface area contributed by atoms with Crippen molar-refractivity contribution < 1.29 is 14.3 Å². The minimum atomic E-state index is -0.349. The standard InChI is InChI=1S/C11H18N2O3/c1-5-15-7-8(2)16-11(14)10-6-13(4)12-9(10)3/h6,8H,5,7H2,1-4H3/t8-/m0/s1. The number of nitrogens with zero attached hydrogens (tertiary/aromatic N) is 2. The van der Waals surface area contributed by atoms with Crippen molar-refractivity contribution >= 4 is 5.97 Å². The second-order valence-corrected chi connectivity index (χ2v) is 3.68. The number of hydrogen-bond acceptors (Lipinski definition) is 4. The lowest BCUT2D eigenvalue weighted by molar-refractivity contribution is 0.00433. The van der Waals surface area contributed by atoms with Gasteiger partial charge < -0.3 is 9.47 Å². The van der Waals surface area contributed by atoms with Crippen LogP contribution in [0.1, 0.15) is 29.9 Å². The quantitative estimate of drug-likeness (QED) is 0.710. The van der Waals surface area contributed by atoms with Gasteiger partial charge in [0.25, 0.3) is 0 Å². The second-order valence-electron chi connectivity index (χ2n) is 3.68. The number of aromatic nitrogens is 2. The Balaban J connectivity index is 2.55. The smallest absolute Gasteiger partial charge is 0.341 e. The molecule has 1 aromatic heterocycles. The average Bonchev–Trinajstić information content (AvgIpc) is 2.54. The zero-order valence-electron chi connectivity index (χ0n) is 10.2. The highest BCUT2D eigenvalue weighted by atomic mass is 16.6. The fourth-order valence-corrected chi connectivity index (χ4v) is 1.36. The van der Waals surface area contributed by atoms with Crippen molar-refractivity contribution in [1.82, 2.24) is 9.78 Å². The third kappa shape index (κ3) is 3.34. The number of esters is 1. The van der Waals surface area contributed by atoms with Crippen molar-refractivity contribution in [2.45, 2.75) is 26.9 Å². The molecule has 0 unspecified atom stereocenters. The topological polar surface area (TPSA) is 53.4 Å². The van der Waals surface area contributed by atoms with Gasteiger partial charge in [-0.05, 0) is 20.8 Å². The van der Waals surface area contributed by atoms with Crippen molar-refractivity contribution in [1.29, 1.82) is 0 Å². The summed E-state index contributed by atoms with van der Waals surface area (Å²) in [6.45, 7) is 6.53. The Morgan fingerprint density at radius 3 is 2.81 bits per heavy atom. The minimum Gasteiger partial charge on any atom is -0.457 e. The van der Waals surface area contributed by atoms with Gasteiger partial charge in [0.15, 0.2) is 0 Å². The third-order valence-electron chi connectivity index (χ3n) is 2.10. The summed E-state index contributed by atoms with van der Waals surface area (Å²) in [5, 5.41) is 4.09. The van der Waals surface area contributed by atoms with Gasteiger partial charge in [-0.25, -0.2) is 4.79 Å². The van der Waals surface area contributed by atoms with Crippen LogP contribution in [-0.4, -0.2) is 35.1 Å². The average molecular weight is 226 g/mol. The monoisotopic (exact) mass is 226 g/mol. The maximum atomic E-state index is 11.7. The molecule has 0 aliphatic carbocycles. The van der Waals surface area contributed by atoms with E-state index in [9.17, 15) is 4.79 Å².